The van der Waals surface area contributed by atoms with Gasteiger partial charge in [0.25, 0.3) is 10.0 Å². The molecule has 0 amide bonds. The van der Waals surface area contributed by atoms with Crippen LogP contribution in [0.3, 0.4) is 0 Å². The lowest BCUT2D eigenvalue weighted by Crippen LogP contribution is -2.14. The predicted molar refractivity (Wildman–Crippen MR) is 75.6 cm³/mol. The van der Waals surface area contributed by atoms with Gasteiger partial charge in [0.15, 0.2) is 0 Å². The van der Waals surface area contributed by atoms with Crippen molar-refractivity contribution >= 4 is 33.1 Å². The lowest BCUT2D eigenvalue weighted by Gasteiger charge is -2.09. The molecule has 2 aromatic rings. The van der Waals surface area contributed by atoms with Crippen molar-refractivity contribution in [3.63, 3.8) is 0 Å². The lowest BCUT2D eigenvalue weighted by atomic mass is 10.2. The molecule has 1 heterocycles. The molecule has 7 heteroatoms. The molecule has 5 nitrogen and oxygen atoms in total. The molecule has 100 valence electrons. The Morgan fingerprint density at radius 1 is 1.26 bits per heavy atom. The number of nitrogen functional groups attached to an aromatic ring is 1. The van der Waals surface area contributed by atoms with Gasteiger partial charge >= 0.3 is 0 Å². The van der Waals surface area contributed by atoms with Gasteiger partial charge in [-0.25, -0.2) is 13.4 Å². The van der Waals surface area contributed by atoms with Crippen LogP contribution in [0, 0.1) is 6.92 Å². The molecule has 3 N–H and O–H groups in total. The summed E-state index contributed by atoms with van der Waals surface area (Å²) in [4.78, 5) is 4.02. The number of anilines is 2. The fourth-order valence-corrected chi connectivity index (χ4v) is 2.72. The van der Waals surface area contributed by atoms with E-state index in [9.17, 15) is 8.42 Å². The number of hydrogen-bond donors (Lipinski definition) is 2. The van der Waals surface area contributed by atoms with Crippen LogP contribution < -0.4 is 10.5 Å². The van der Waals surface area contributed by atoms with E-state index < -0.39 is 10.0 Å². The summed E-state index contributed by atoms with van der Waals surface area (Å²) in [6, 6.07) is 7.49. The van der Waals surface area contributed by atoms with E-state index in [1.54, 1.807) is 19.1 Å². The zero-order valence-electron chi connectivity index (χ0n) is 10.1. The van der Waals surface area contributed by atoms with Crippen LogP contribution in [-0.4, -0.2) is 13.4 Å². The number of nitrogens with two attached hydrogens (primary N) is 1. The second kappa shape index (κ2) is 5.07. The Kier molecular flexibility index (Phi) is 3.64. The van der Waals surface area contributed by atoms with E-state index in [0.29, 0.717) is 16.3 Å². The lowest BCUT2D eigenvalue weighted by molar-refractivity contribution is 0.601. The number of pyridine rings is 1. The van der Waals surface area contributed by atoms with Crippen LogP contribution in [0.15, 0.2) is 41.4 Å². The minimum atomic E-state index is -3.70. The first kappa shape index (κ1) is 13.6. The quantitative estimate of drug-likeness (QED) is 0.852. The van der Waals surface area contributed by atoms with Crippen molar-refractivity contribution in [1.82, 2.24) is 4.98 Å². The standard InChI is InChI=1S/C12H12ClN3O2S/c1-8-6-10(2-3-11(8)14)19(17,18)16-12-7-9(13)4-5-15-12/h2-7H,14H2,1H3,(H,15,16). The minimum Gasteiger partial charge on any atom is -0.399 e. The van der Waals surface area contributed by atoms with Crippen molar-refractivity contribution in [2.24, 2.45) is 0 Å². The van der Waals surface area contributed by atoms with Gasteiger partial charge in [0.05, 0.1) is 4.90 Å². The average Bonchev–Trinajstić information content (AvgIpc) is 2.32. The number of aromatic nitrogens is 1. The highest BCUT2D eigenvalue weighted by atomic mass is 35.5. The second-order valence-corrected chi connectivity index (χ2v) is 6.10. The van der Waals surface area contributed by atoms with Gasteiger partial charge in [-0.15, -0.1) is 0 Å². The van der Waals surface area contributed by atoms with Crippen molar-refractivity contribution in [3.8, 4) is 0 Å². The third kappa shape index (κ3) is 3.15. The average molecular weight is 298 g/mol. The maximum Gasteiger partial charge on any atom is 0.263 e. The molecule has 0 aliphatic rings. The fraction of sp³-hybridized carbons (Fsp3) is 0.0833. The molecule has 0 saturated carbocycles. The zero-order valence-corrected chi connectivity index (χ0v) is 11.7. The van der Waals surface area contributed by atoms with Gasteiger partial charge in [0.2, 0.25) is 0 Å². The molecule has 0 spiro atoms. The predicted octanol–water partition coefficient (Wildman–Crippen LogP) is 2.43. The van der Waals surface area contributed by atoms with E-state index in [-0.39, 0.29) is 10.7 Å². The highest BCUT2D eigenvalue weighted by Crippen LogP contribution is 2.20. The maximum atomic E-state index is 12.1. The smallest absolute Gasteiger partial charge is 0.263 e. The molecule has 2 rings (SSSR count). The van der Waals surface area contributed by atoms with Crippen molar-refractivity contribution in [2.45, 2.75) is 11.8 Å². The van der Waals surface area contributed by atoms with Crippen LogP contribution in [0.5, 0.6) is 0 Å². The van der Waals surface area contributed by atoms with E-state index in [1.165, 1.54) is 24.4 Å². The van der Waals surface area contributed by atoms with Crippen molar-refractivity contribution in [1.29, 1.82) is 0 Å². The molecule has 1 aromatic heterocycles. The molecule has 0 unspecified atom stereocenters. The molecule has 0 aliphatic carbocycles. The van der Waals surface area contributed by atoms with E-state index in [1.807, 2.05) is 0 Å². The van der Waals surface area contributed by atoms with Gasteiger partial charge in [-0.1, -0.05) is 11.6 Å². The van der Waals surface area contributed by atoms with Gasteiger partial charge in [-0.3, -0.25) is 4.72 Å². The number of aryl methyl sites for hydroxylation is 1. The van der Waals surface area contributed by atoms with Crippen molar-refractivity contribution in [2.75, 3.05) is 10.5 Å². The van der Waals surface area contributed by atoms with Gasteiger partial charge in [0.1, 0.15) is 5.82 Å². The third-order valence-electron chi connectivity index (χ3n) is 2.51. The molecular weight excluding hydrogens is 286 g/mol. The highest BCUT2D eigenvalue weighted by Gasteiger charge is 2.15. The second-order valence-electron chi connectivity index (χ2n) is 3.98. The SMILES string of the molecule is Cc1cc(S(=O)(=O)Nc2cc(Cl)ccn2)ccc1N. The van der Waals surface area contributed by atoms with Crippen molar-refractivity contribution < 1.29 is 8.42 Å². The number of nitrogens with one attached hydrogen (secondary N) is 1. The summed E-state index contributed by atoms with van der Waals surface area (Å²) in [5.74, 6) is 0.168. The van der Waals surface area contributed by atoms with Crippen LogP contribution in [0.4, 0.5) is 11.5 Å². The first-order valence-electron chi connectivity index (χ1n) is 5.39. The molecule has 0 aliphatic heterocycles. The Bertz CT molecular complexity index is 717. The summed E-state index contributed by atoms with van der Waals surface area (Å²) in [5.41, 5.74) is 6.90. The highest BCUT2D eigenvalue weighted by molar-refractivity contribution is 7.92. The first-order valence-corrected chi connectivity index (χ1v) is 7.25. The monoisotopic (exact) mass is 297 g/mol. The number of rotatable bonds is 3. The molecule has 0 atom stereocenters. The van der Waals surface area contributed by atoms with E-state index in [2.05, 4.69) is 9.71 Å². The third-order valence-corrected chi connectivity index (χ3v) is 4.10. The first-order chi connectivity index (χ1) is 8.88. The summed E-state index contributed by atoms with van der Waals surface area (Å²) in [6.07, 6.45) is 1.43. The Morgan fingerprint density at radius 3 is 2.63 bits per heavy atom. The van der Waals surface area contributed by atoms with E-state index >= 15 is 0 Å². The molecular formula is C12H12ClN3O2S. The number of nitrogens with zero attached hydrogens (tertiary/aromatic N) is 1. The molecule has 0 radical (unpaired) electrons. The summed E-state index contributed by atoms with van der Waals surface area (Å²) in [6.45, 7) is 1.74. The molecule has 0 saturated heterocycles. The summed E-state index contributed by atoms with van der Waals surface area (Å²) < 4.78 is 26.6. The van der Waals surface area contributed by atoms with E-state index in [0.717, 1.165) is 0 Å². The van der Waals surface area contributed by atoms with Crippen LogP contribution in [-0.2, 0) is 10.0 Å². The summed E-state index contributed by atoms with van der Waals surface area (Å²) >= 11 is 5.77. The van der Waals surface area contributed by atoms with Gasteiger partial charge < -0.3 is 5.73 Å². The fourth-order valence-electron chi connectivity index (χ4n) is 1.47. The van der Waals surface area contributed by atoms with Gasteiger partial charge in [-0.05, 0) is 36.8 Å². The van der Waals surface area contributed by atoms with Crippen LogP contribution >= 0.6 is 11.6 Å². The number of hydrogen-bond acceptors (Lipinski definition) is 4. The summed E-state index contributed by atoms with van der Waals surface area (Å²) in [7, 11) is -3.70. The van der Waals surface area contributed by atoms with Crippen molar-refractivity contribution in [3.05, 3.63) is 47.1 Å². The van der Waals surface area contributed by atoms with E-state index in [4.69, 9.17) is 17.3 Å². The number of benzene rings is 1. The minimum absolute atomic E-state index is 0.126. The topological polar surface area (TPSA) is 85.1 Å². The molecule has 0 fully saturated rings. The Hall–Kier alpha value is -1.79. The molecule has 19 heavy (non-hydrogen) atoms. The largest absolute Gasteiger partial charge is 0.399 e. The van der Waals surface area contributed by atoms with Crippen LogP contribution in [0.2, 0.25) is 5.02 Å². The number of halogens is 1. The Morgan fingerprint density at radius 2 is 2.00 bits per heavy atom. The van der Waals surface area contributed by atoms with Crippen LogP contribution in [0.25, 0.3) is 0 Å². The van der Waals surface area contributed by atoms with Gasteiger partial charge in [-0.2, -0.15) is 0 Å². The molecule has 0 bridgehead atoms. The maximum absolute atomic E-state index is 12.1. The number of sulfonamides is 1. The van der Waals surface area contributed by atoms with Crippen LogP contribution in [0.1, 0.15) is 5.56 Å². The Labute approximate surface area is 116 Å². The zero-order chi connectivity index (χ0) is 14.0. The van der Waals surface area contributed by atoms with Gasteiger partial charge in [0, 0.05) is 23.0 Å². The normalized spacial score (nSPS) is 11.3. The molecule has 1 aromatic carbocycles. The Balaban J connectivity index is 2.35. The summed E-state index contributed by atoms with van der Waals surface area (Å²) in [5, 5.41) is 0.404.